The Kier molecular flexibility index (Phi) is 3.30. The number of rotatable bonds is 4. The molecule has 0 aromatic heterocycles. The van der Waals surface area contributed by atoms with E-state index >= 15 is 0 Å². The molecular weight excluding hydrogens is 138 g/mol. The normalized spacial score (nSPS) is 19.4. The second kappa shape index (κ2) is 4.04. The van der Waals surface area contributed by atoms with Crippen molar-refractivity contribution in [3.63, 3.8) is 0 Å². The maximum absolute atomic E-state index is 3.27. The van der Waals surface area contributed by atoms with E-state index in [0.717, 1.165) is 12.6 Å². The van der Waals surface area contributed by atoms with E-state index in [1.807, 2.05) is 0 Å². The van der Waals surface area contributed by atoms with Crippen LogP contribution in [0.25, 0.3) is 0 Å². The molecule has 0 bridgehead atoms. The van der Waals surface area contributed by atoms with Crippen molar-refractivity contribution in [3.05, 3.63) is 0 Å². The Morgan fingerprint density at radius 3 is 2.18 bits per heavy atom. The molecule has 0 saturated carbocycles. The Labute approximate surface area is 69.4 Å². The average Bonchev–Trinajstić information content (AvgIpc) is 1.79. The highest BCUT2D eigenvalue weighted by Gasteiger charge is 2.20. The van der Waals surface area contributed by atoms with Gasteiger partial charge >= 0.3 is 0 Å². The molecule has 66 valence electrons. The standard InChI is InChI=1S/C8H19N3/c1-10(2)4-5-11(3)8-6-9-7-8/h8-9H,4-7H2,1-3H3. The van der Waals surface area contributed by atoms with Crippen LogP contribution in [-0.4, -0.2) is 63.2 Å². The van der Waals surface area contributed by atoms with Gasteiger partial charge in [-0.3, -0.25) is 4.90 Å². The number of likely N-dealkylation sites (N-methyl/N-ethyl adjacent to an activating group) is 2. The monoisotopic (exact) mass is 157 g/mol. The van der Waals surface area contributed by atoms with E-state index in [4.69, 9.17) is 0 Å². The minimum atomic E-state index is 0.787. The van der Waals surface area contributed by atoms with Crippen LogP contribution in [0.1, 0.15) is 0 Å². The third-order valence-corrected chi connectivity index (χ3v) is 2.28. The number of nitrogens with zero attached hydrogens (tertiary/aromatic N) is 2. The van der Waals surface area contributed by atoms with Crippen molar-refractivity contribution >= 4 is 0 Å². The van der Waals surface area contributed by atoms with E-state index in [9.17, 15) is 0 Å². The summed E-state index contributed by atoms with van der Waals surface area (Å²) in [6.07, 6.45) is 0. The molecule has 1 saturated heterocycles. The van der Waals surface area contributed by atoms with Crippen LogP contribution < -0.4 is 5.32 Å². The van der Waals surface area contributed by atoms with Gasteiger partial charge in [-0.1, -0.05) is 0 Å². The smallest absolute Gasteiger partial charge is 0.0342 e. The summed E-state index contributed by atoms with van der Waals surface area (Å²) >= 11 is 0. The van der Waals surface area contributed by atoms with Crippen molar-refractivity contribution in [3.8, 4) is 0 Å². The summed E-state index contributed by atoms with van der Waals surface area (Å²) in [5, 5.41) is 3.27. The van der Waals surface area contributed by atoms with Crippen LogP contribution in [0.15, 0.2) is 0 Å². The summed E-state index contributed by atoms with van der Waals surface area (Å²) in [6.45, 7) is 4.68. The predicted molar refractivity (Wildman–Crippen MR) is 47.8 cm³/mol. The summed E-state index contributed by atoms with van der Waals surface area (Å²) in [6, 6.07) is 0.787. The topological polar surface area (TPSA) is 18.5 Å². The van der Waals surface area contributed by atoms with Gasteiger partial charge < -0.3 is 10.2 Å². The third kappa shape index (κ3) is 2.77. The van der Waals surface area contributed by atoms with E-state index < -0.39 is 0 Å². The highest BCUT2D eigenvalue weighted by Crippen LogP contribution is 2.00. The van der Waals surface area contributed by atoms with Crippen molar-refractivity contribution in [2.45, 2.75) is 6.04 Å². The molecule has 0 unspecified atom stereocenters. The van der Waals surface area contributed by atoms with Crippen molar-refractivity contribution in [2.75, 3.05) is 47.3 Å². The van der Waals surface area contributed by atoms with Crippen LogP contribution >= 0.6 is 0 Å². The first-order valence-corrected chi connectivity index (χ1v) is 4.26. The minimum absolute atomic E-state index is 0.787. The molecule has 3 nitrogen and oxygen atoms in total. The van der Waals surface area contributed by atoms with E-state index in [1.165, 1.54) is 19.6 Å². The zero-order valence-corrected chi connectivity index (χ0v) is 7.80. The van der Waals surface area contributed by atoms with Gasteiger partial charge in [-0.15, -0.1) is 0 Å². The fourth-order valence-corrected chi connectivity index (χ4v) is 1.13. The van der Waals surface area contributed by atoms with Gasteiger partial charge in [0.2, 0.25) is 0 Å². The number of nitrogens with one attached hydrogen (secondary N) is 1. The molecule has 1 fully saturated rings. The van der Waals surface area contributed by atoms with E-state index in [2.05, 4.69) is 36.3 Å². The number of hydrogen-bond acceptors (Lipinski definition) is 3. The van der Waals surface area contributed by atoms with Gasteiger partial charge in [0.05, 0.1) is 0 Å². The largest absolute Gasteiger partial charge is 0.314 e. The molecule has 1 aliphatic rings. The summed E-state index contributed by atoms with van der Waals surface area (Å²) in [5.74, 6) is 0. The van der Waals surface area contributed by atoms with Crippen molar-refractivity contribution < 1.29 is 0 Å². The zero-order chi connectivity index (χ0) is 8.27. The van der Waals surface area contributed by atoms with Crippen molar-refractivity contribution in [2.24, 2.45) is 0 Å². The lowest BCUT2D eigenvalue weighted by atomic mass is 10.1. The molecule has 1 aliphatic heterocycles. The van der Waals surface area contributed by atoms with Gasteiger partial charge in [-0.05, 0) is 21.1 Å². The quantitative estimate of drug-likeness (QED) is 0.591. The molecular formula is C8H19N3. The van der Waals surface area contributed by atoms with E-state index in [1.54, 1.807) is 0 Å². The third-order valence-electron chi connectivity index (χ3n) is 2.28. The van der Waals surface area contributed by atoms with Crippen molar-refractivity contribution in [1.82, 2.24) is 15.1 Å². The van der Waals surface area contributed by atoms with E-state index in [-0.39, 0.29) is 0 Å². The molecule has 0 aromatic carbocycles. The molecule has 3 heteroatoms. The molecule has 1 heterocycles. The summed E-state index contributed by atoms with van der Waals surface area (Å²) < 4.78 is 0. The molecule has 0 amide bonds. The first-order chi connectivity index (χ1) is 5.20. The second-order valence-corrected chi connectivity index (χ2v) is 3.60. The molecule has 1 N–H and O–H groups in total. The van der Waals surface area contributed by atoms with Crippen LogP contribution in [0.3, 0.4) is 0 Å². The Morgan fingerprint density at radius 2 is 1.82 bits per heavy atom. The second-order valence-electron chi connectivity index (χ2n) is 3.60. The maximum atomic E-state index is 3.27. The lowest BCUT2D eigenvalue weighted by Crippen LogP contribution is -2.56. The lowest BCUT2D eigenvalue weighted by Gasteiger charge is -2.36. The first kappa shape index (κ1) is 8.97. The van der Waals surface area contributed by atoms with Gasteiger partial charge in [0.15, 0.2) is 0 Å². The van der Waals surface area contributed by atoms with Gasteiger partial charge in [-0.25, -0.2) is 0 Å². The maximum Gasteiger partial charge on any atom is 0.0342 e. The highest BCUT2D eigenvalue weighted by molar-refractivity contribution is 4.82. The SMILES string of the molecule is CN(C)CCN(C)C1CNC1. The molecule has 11 heavy (non-hydrogen) atoms. The Morgan fingerprint density at radius 1 is 1.18 bits per heavy atom. The highest BCUT2D eigenvalue weighted by atomic mass is 15.2. The van der Waals surface area contributed by atoms with Gasteiger partial charge in [0, 0.05) is 32.2 Å². The molecule has 0 aliphatic carbocycles. The number of hydrogen-bond donors (Lipinski definition) is 1. The summed E-state index contributed by atoms with van der Waals surface area (Å²) in [4.78, 5) is 4.65. The lowest BCUT2D eigenvalue weighted by molar-refractivity contribution is 0.167. The first-order valence-electron chi connectivity index (χ1n) is 4.26. The van der Waals surface area contributed by atoms with Crippen LogP contribution in [0.4, 0.5) is 0 Å². The van der Waals surface area contributed by atoms with Gasteiger partial charge in [0.25, 0.3) is 0 Å². The van der Waals surface area contributed by atoms with Gasteiger partial charge in [0.1, 0.15) is 0 Å². The predicted octanol–water partition coefficient (Wildman–Crippen LogP) is -0.548. The van der Waals surface area contributed by atoms with Gasteiger partial charge in [-0.2, -0.15) is 0 Å². The molecule has 1 rings (SSSR count). The van der Waals surface area contributed by atoms with E-state index in [0.29, 0.717) is 0 Å². The minimum Gasteiger partial charge on any atom is -0.314 e. The zero-order valence-electron chi connectivity index (χ0n) is 7.80. The summed E-state index contributed by atoms with van der Waals surface area (Å²) in [5.41, 5.74) is 0. The Hall–Kier alpha value is -0.120. The molecule has 0 radical (unpaired) electrons. The molecule has 0 spiro atoms. The Balaban J connectivity index is 2.05. The van der Waals surface area contributed by atoms with Crippen LogP contribution in [-0.2, 0) is 0 Å². The van der Waals surface area contributed by atoms with Crippen molar-refractivity contribution in [1.29, 1.82) is 0 Å². The molecule has 0 atom stereocenters. The summed E-state index contributed by atoms with van der Waals surface area (Å²) in [7, 11) is 6.44. The molecule has 0 aromatic rings. The van der Waals surface area contributed by atoms with Crippen LogP contribution in [0, 0.1) is 0 Å². The van der Waals surface area contributed by atoms with Crippen LogP contribution in [0.2, 0.25) is 0 Å². The fraction of sp³-hybridized carbons (Fsp3) is 1.00. The fourth-order valence-electron chi connectivity index (χ4n) is 1.13. The average molecular weight is 157 g/mol. The Bertz CT molecular complexity index is 110. The van der Waals surface area contributed by atoms with Crippen LogP contribution in [0.5, 0.6) is 0 Å².